The molecule has 0 radical (unpaired) electrons. The molecule has 1 aromatic rings. The molecule has 6 nitrogen and oxygen atoms in total. The maximum atomic E-state index is 12.4. The average molecular weight is 405 g/mol. The van der Waals surface area contributed by atoms with Crippen LogP contribution in [-0.4, -0.2) is 56.2 Å². The van der Waals surface area contributed by atoms with Gasteiger partial charge in [-0.3, -0.25) is 4.79 Å². The third-order valence-corrected chi connectivity index (χ3v) is 6.04. The first-order chi connectivity index (χ1) is 10.8. The Kier molecular flexibility index (Phi) is 6.19. The summed E-state index contributed by atoms with van der Waals surface area (Å²) in [5.74, 6) is -0.417. The summed E-state index contributed by atoms with van der Waals surface area (Å²) in [6.45, 7) is 4.48. The lowest BCUT2D eigenvalue weighted by atomic mass is 10.2. The Hall–Kier alpha value is -0.960. The highest BCUT2D eigenvalue weighted by Gasteiger charge is 2.30. The van der Waals surface area contributed by atoms with Crippen molar-refractivity contribution in [2.24, 2.45) is 0 Å². The lowest BCUT2D eigenvalue weighted by Gasteiger charge is -2.34. The van der Waals surface area contributed by atoms with E-state index in [1.165, 1.54) is 4.31 Å². The van der Waals surface area contributed by atoms with Crippen molar-refractivity contribution < 1.29 is 17.9 Å². The van der Waals surface area contributed by atoms with Gasteiger partial charge in [-0.2, -0.15) is 4.31 Å². The van der Waals surface area contributed by atoms with Gasteiger partial charge >= 0.3 is 0 Å². The molecule has 1 fully saturated rings. The lowest BCUT2D eigenvalue weighted by Crippen LogP contribution is -2.49. The number of amides is 1. The summed E-state index contributed by atoms with van der Waals surface area (Å²) in [6.07, 6.45) is -0.244. The van der Waals surface area contributed by atoms with Crippen LogP contribution in [0.15, 0.2) is 28.7 Å². The van der Waals surface area contributed by atoms with Gasteiger partial charge in [0, 0.05) is 24.1 Å². The molecule has 0 aromatic heterocycles. The molecule has 0 spiro atoms. The van der Waals surface area contributed by atoms with Gasteiger partial charge in [-0.25, -0.2) is 8.42 Å². The molecule has 0 bridgehead atoms. The first kappa shape index (κ1) is 18.4. The zero-order valence-corrected chi connectivity index (χ0v) is 15.6. The fraction of sp³-hybridized carbons (Fsp3) is 0.533. The van der Waals surface area contributed by atoms with Gasteiger partial charge in [0.25, 0.3) is 5.91 Å². The summed E-state index contributed by atoms with van der Waals surface area (Å²) in [5.41, 5.74) is 0.485. The van der Waals surface area contributed by atoms with Gasteiger partial charge in [0.1, 0.15) is 0 Å². The number of carbonyl (C=O) groups is 1. The van der Waals surface area contributed by atoms with Gasteiger partial charge in [-0.15, -0.1) is 0 Å². The number of carbonyl (C=O) groups excluding carboxylic acids is 1. The number of hydrogen-bond donors (Lipinski definition) is 1. The van der Waals surface area contributed by atoms with E-state index in [4.69, 9.17) is 4.74 Å². The van der Waals surface area contributed by atoms with Crippen molar-refractivity contribution in [3.05, 3.63) is 34.3 Å². The first-order valence-electron chi connectivity index (χ1n) is 7.45. The number of hydrogen-bond acceptors (Lipinski definition) is 4. The van der Waals surface area contributed by atoms with Crippen molar-refractivity contribution in [2.75, 3.05) is 25.4 Å². The van der Waals surface area contributed by atoms with Crippen molar-refractivity contribution in [1.82, 2.24) is 9.62 Å². The number of nitrogens with zero attached hydrogens (tertiary/aromatic N) is 1. The molecule has 1 aliphatic rings. The SMILES string of the molecule is C[C@H]1CN(S(=O)(=O)CCNC(=O)c2ccccc2Br)C[C@H](C)O1. The fourth-order valence-electron chi connectivity index (χ4n) is 2.52. The number of morpholine rings is 1. The predicted octanol–water partition coefficient (Wildman–Crippen LogP) is 1.62. The molecule has 1 amide bonds. The third-order valence-electron chi connectivity index (χ3n) is 3.54. The molecule has 23 heavy (non-hydrogen) atoms. The third kappa shape index (κ3) is 5.00. The van der Waals surface area contributed by atoms with Crippen LogP contribution in [-0.2, 0) is 14.8 Å². The first-order valence-corrected chi connectivity index (χ1v) is 9.86. The molecule has 2 rings (SSSR count). The summed E-state index contributed by atoms with van der Waals surface area (Å²) in [6, 6.07) is 7.01. The maximum Gasteiger partial charge on any atom is 0.252 e. The highest BCUT2D eigenvalue weighted by molar-refractivity contribution is 9.10. The quantitative estimate of drug-likeness (QED) is 0.808. The van der Waals surface area contributed by atoms with Crippen molar-refractivity contribution in [3.8, 4) is 0 Å². The van der Waals surface area contributed by atoms with Crippen LogP contribution in [0.5, 0.6) is 0 Å². The summed E-state index contributed by atoms with van der Waals surface area (Å²) in [5, 5.41) is 2.65. The zero-order valence-electron chi connectivity index (χ0n) is 13.2. The molecule has 2 atom stereocenters. The minimum absolute atomic E-state index is 0.0720. The largest absolute Gasteiger partial charge is 0.373 e. The summed E-state index contributed by atoms with van der Waals surface area (Å²) in [7, 11) is -3.41. The Morgan fingerprint density at radius 1 is 1.30 bits per heavy atom. The second-order valence-corrected chi connectivity index (χ2v) is 8.57. The van der Waals surface area contributed by atoms with Gasteiger partial charge in [0.2, 0.25) is 10.0 Å². The van der Waals surface area contributed by atoms with Gasteiger partial charge in [0.15, 0.2) is 0 Å². The lowest BCUT2D eigenvalue weighted by molar-refractivity contribution is -0.0440. The molecule has 1 N–H and O–H groups in total. The molecular weight excluding hydrogens is 384 g/mol. The van der Waals surface area contributed by atoms with Crippen LogP contribution in [0.2, 0.25) is 0 Å². The fourth-order valence-corrected chi connectivity index (χ4v) is 4.48. The van der Waals surface area contributed by atoms with Gasteiger partial charge in [-0.1, -0.05) is 12.1 Å². The second kappa shape index (κ2) is 7.74. The van der Waals surface area contributed by atoms with E-state index in [2.05, 4.69) is 21.2 Å². The molecule has 128 valence electrons. The van der Waals surface area contributed by atoms with Crippen LogP contribution in [0.4, 0.5) is 0 Å². The van der Waals surface area contributed by atoms with Crippen LogP contribution in [0, 0.1) is 0 Å². The standard InChI is InChI=1S/C15H21BrN2O4S/c1-11-9-18(10-12(2)22-11)23(20,21)8-7-17-15(19)13-5-3-4-6-14(13)16/h3-6,11-12H,7-10H2,1-2H3,(H,17,19)/t11-,12-/m0/s1. The Balaban J connectivity index is 1.90. The minimum atomic E-state index is -3.41. The Bertz CT molecular complexity index is 655. The molecule has 0 unspecified atom stereocenters. The van der Waals surface area contributed by atoms with E-state index in [9.17, 15) is 13.2 Å². The smallest absolute Gasteiger partial charge is 0.252 e. The number of ether oxygens (including phenoxy) is 1. The topological polar surface area (TPSA) is 75.7 Å². The zero-order chi connectivity index (χ0) is 17.0. The Labute approximate surface area is 145 Å². The number of benzene rings is 1. The van der Waals surface area contributed by atoms with E-state index in [1.807, 2.05) is 19.9 Å². The number of sulfonamides is 1. The van der Waals surface area contributed by atoms with Crippen LogP contribution in [0.25, 0.3) is 0 Å². The van der Waals surface area contributed by atoms with E-state index >= 15 is 0 Å². The van der Waals surface area contributed by atoms with Gasteiger partial charge in [0.05, 0.1) is 23.5 Å². The highest BCUT2D eigenvalue weighted by atomic mass is 79.9. The summed E-state index contributed by atoms with van der Waals surface area (Å²) >= 11 is 3.30. The van der Waals surface area contributed by atoms with Crippen molar-refractivity contribution in [1.29, 1.82) is 0 Å². The van der Waals surface area contributed by atoms with Crippen molar-refractivity contribution >= 4 is 31.9 Å². The van der Waals surface area contributed by atoms with Crippen molar-refractivity contribution in [2.45, 2.75) is 26.1 Å². The number of rotatable bonds is 5. The van der Waals surface area contributed by atoms with Crippen LogP contribution in [0.1, 0.15) is 24.2 Å². The number of nitrogens with one attached hydrogen (secondary N) is 1. The van der Waals surface area contributed by atoms with Crippen molar-refractivity contribution in [3.63, 3.8) is 0 Å². The van der Waals surface area contributed by atoms with Crippen LogP contribution in [0.3, 0.4) is 0 Å². The molecule has 1 heterocycles. The molecule has 0 aliphatic carbocycles. The van der Waals surface area contributed by atoms with E-state index in [0.717, 1.165) is 0 Å². The predicted molar refractivity (Wildman–Crippen MR) is 91.8 cm³/mol. The maximum absolute atomic E-state index is 12.4. The Morgan fingerprint density at radius 3 is 2.52 bits per heavy atom. The highest BCUT2D eigenvalue weighted by Crippen LogP contribution is 2.16. The second-order valence-electron chi connectivity index (χ2n) is 5.63. The number of halogens is 1. The summed E-state index contributed by atoms with van der Waals surface area (Å²) in [4.78, 5) is 12.1. The van der Waals surface area contributed by atoms with E-state index in [0.29, 0.717) is 23.1 Å². The van der Waals surface area contributed by atoms with E-state index < -0.39 is 10.0 Å². The van der Waals surface area contributed by atoms with E-state index in [1.54, 1.807) is 18.2 Å². The molecule has 1 saturated heterocycles. The van der Waals surface area contributed by atoms with E-state index in [-0.39, 0.29) is 30.4 Å². The average Bonchev–Trinajstić information content (AvgIpc) is 2.46. The minimum Gasteiger partial charge on any atom is -0.373 e. The molecular formula is C15H21BrN2O4S. The molecule has 1 aromatic carbocycles. The van der Waals surface area contributed by atoms with Gasteiger partial charge in [-0.05, 0) is 41.9 Å². The molecule has 0 saturated carbocycles. The van der Waals surface area contributed by atoms with Crippen LogP contribution < -0.4 is 5.32 Å². The monoisotopic (exact) mass is 404 g/mol. The van der Waals surface area contributed by atoms with Crippen LogP contribution >= 0.6 is 15.9 Å². The Morgan fingerprint density at radius 2 is 1.91 bits per heavy atom. The van der Waals surface area contributed by atoms with Gasteiger partial charge < -0.3 is 10.1 Å². The normalized spacial score (nSPS) is 22.7. The summed E-state index contributed by atoms with van der Waals surface area (Å²) < 4.78 is 32.4. The molecule has 8 heteroatoms. The molecule has 1 aliphatic heterocycles.